The van der Waals surface area contributed by atoms with Gasteiger partial charge in [-0.1, -0.05) is 83.6 Å². The summed E-state index contributed by atoms with van der Waals surface area (Å²) in [6, 6.07) is 0. The number of nitrogens with one attached hydrogen (secondary N) is 1. The second-order valence-electron chi connectivity index (χ2n) is 6.89. The van der Waals surface area contributed by atoms with Crippen LogP contribution in [0.2, 0.25) is 0 Å². The summed E-state index contributed by atoms with van der Waals surface area (Å²) in [5, 5.41) is 3.04. The molecule has 0 bridgehead atoms. The lowest BCUT2D eigenvalue weighted by Crippen LogP contribution is -2.30. The van der Waals surface area contributed by atoms with Crippen LogP contribution in [0, 0.1) is 5.92 Å². The molecule has 130 valence electrons. The summed E-state index contributed by atoms with van der Waals surface area (Å²) in [4.78, 5) is 11.8. The molecule has 0 fully saturated rings. The standard InChI is InChI=1S/C20H39NO/c1-5-6-7-8-9-10-11-12-13-14-15-16-21-20(22)19(4)17-18(2)3/h19H,2,5-17H2,1,3-4H3,(H,21,22). The maximum absolute atomic E-state index is 11.8. The first-order chi connectivity index (χ1) is 10.6. The van der Waals surface area contributed by atoms with Crippen LogP contribution >= 0.6 is 0 Å². The van der Waals surface area contributed by atoms with E-state index in [0.717, 1.165) is 25.0 Å². The van der Waals surface area contributed by atoms with Crippen molar-refractivity contribution in [2.24, 2.45) is 5.92 Å². The zero-order chi connectivity index (χ0) is 16.6. The molecule has 0 saturated carbocycles. The van der Waals surface area contributed by atoms with Crippen LogP contribution < -0.4 is 5.32 Å². The Morgan fingerprint density at radius 3 is 1.82 bits per heavy atom. The second kappa shape index (κ2) is 15.1. The fourth-order valence-electron chi connectivity index (χ4n) is 2.79. The lowest BCUT2D eigenvalue weighted by Gasteiger charge is -2.11. The van der Waals surface area contributed by atoms with Gasteiger partial charge in [0, 0.05) is 12.5 Å². The summed E-state index contributed by atoms with van der Waals surface area (Å²) in [6.07, 6.45) is 15.6. The van der Waals surface area contributed by atoms with Crippen molar-refractivity contribution in [2.75, 3.05) is 6.54 Å². The molecule has 0 spiro atoms. The third kappa shape index (κ3) is 14.2. The molecule has 1 N–H and O–H groups in total. The first-order valence-electron chi connectivity index (χ1n) is 9.50. The molecule has 0 aliphatic carbocycles. The molecule has 0 aliphatic rings. The number of unbranched alkanes of at least 4 members (excludes halogenated alkanes) is 10. The van der Waals surface area contributed by atoms with Gasteiger partial charge in [-0.2, -0.15) is 0 Å². The van der Waals surface area contributed by atoms with Crippen molar-refractivity contribution < 1.29 is 4.79 Å². The van der Waals surface area contributed by atoms with Crippen LogP contribution in [0.5, 0.6) is 0 Å². The first-order valence-corrected chi connectivity index (χ1v) is 9.50. The van der Waals surface area contributed by atoms with E-state index >= 15 is 0 Å². The quantitative estimate of drug-likeness (QED) is 0.291. The Morgan fingerprint density at radius 1 is 0.909 bits per heavy atom. The molecule has 1 atom stereocenters. The van der Waals surface area contributed by atoms with Crippen LogP contribution in [0.25, 0.3) is 0 Å². The average molecular weight is 310 g/mol. The van der Waals surface area contributed by atoms with Crippen LogP contribution in [0.1, 0.15) is 97.8 Å². The molecule has 0 heterocycles. The van der Waals surface area contributed by atoms with Gasteiger partial charge < -0.3 is 5.32 Å². The van der Waals surface area contributed by atoms with Gasteiger partial charge in [0.1, 0.15) is 0 Å². The van der Waals surface area contributed by atoms with E-state index in [1.807, 2.05) is 13.8 Å². The number of carbonyl (C=O) groups excluding carboxylic acids is 1. The number of carbonyl (C=O) groups is 1. The van der Waals surface area contributed by atoms with E-state index in [-0.39, 0.29) is 11.8 Å². The van der Waals surface area contributed by atoms with Gasteiger partial charge in [-0.25, -0.2) is 0 Å². The maximum atomic E-state index is 11.8. The van der Waals surface area contributed by atoms with E-state index in [4.69, 9.17) is 0 Å². The minimum absolute atomic E-state index is 0.0604. The van der Waals surface area contributed by atoms with E-state index in [9.17, 15) is 4.79 Å². The van der Waals surface area contributed by atoms with Crippen molar-refractivity contribution in [1.82, 2.24) is 5.32 Å². The smallest absolute Gasteiger partial charge is 0.223 e. The van der Waals surface area contributed by atoms with Gasteiger partial charge in [0.2, 0.25) is 5.91 Å². The summed E-state index contributed by atoms with van der Waals surface area (Å²) in [6.45, 7) is 10.9. The SMILES string of the molecule is C=C(C)CC(C)C(=O)NCCCCCCCCCCCCC. The molecule has 1 amide bonds. The molecule has 22 heavy (non-hydrogen) atoms. The summed E-state index contributed by atoms with van der Waals surface area (Å²) >= 11 is 0. The number of amides is 1. The third-order valence-corrected chi connectivity index (χ3v) is 4.18. The molecule has 0 aromatic carbocycles. The molecular formula is C20H39NO. The van der Waals surface area contributed by atoms with Crippen molar-refractivity contribution in [3.8, 4) is 0 Å². The van der Waals surface area contributed by atoms with Gasteiger partial charge in [-0.05, 0) is 19.8 Å². The minimum Gasteiger partial charge on any atom is -0.356 e. The van der Waals surface area contributed by atoms with Gasteiger partial charge in [0.15, 0.2) is 0 Å². The number of rotatable bonds is 15. The second-order valence-corrected chi connectivity index (χ2v) is 6.89. The van der Waals surface area contributed by atoms with E-state index < -0.39 is 0 Å². The van der Waals surface area contributed by atoms with Crippen molar-refractivity contribution in [2.45, 2.75) is 97.8 Å². The highest BCUT2D eigenvalue weighted by Crippen LogP contribution is 2.11. The predicted molar refractivity (Wildman–Crippen MR) is 98.1 cm³/mol. The minimum atomic E-state index is 0.0604. The van der Waals surface area contributed by atoms with Crippen molar-refractivity contribution in [3.63, 3.8) is 0 Å². The number of hydrogen-bond donors (Lipinski definition) is 1. The number of allylic oxidation sites excluding steroid dienone is 1. The fourth-order valence-corrected chi connectivity index (χ4v) is 2.79. The highest BCUT2D eigenvalue weighted by molar-refractivity contribution is 5.78. The fraction of sp³-hybridized carbons (Fsp3) is 0.850. The zero-order valence-electron chi connectivity index (χ0n) is 15.4. The Bertz CT molecular complexity index is 285. The van der Waals surface area contributed by atoms with Gasteiger partial charge >= 0.3 is 0 Å². The van der Waals surface area contributed by atoms with Crippen molar-refractivity contribution >= 4 is 5.91 Å². The van der Waals surface area contributed by atoms with Crippen LogP contribution in [0.15, 0.2) is 12.2 Å². The molecule has 1 unspecified atom stereocenters. The predicted octanol–water partition coefficient (Wildman–Crippen LogP) is 6.02. The highest BCUT2D eigenvalue weighted by atomic mass is 16.1. The van der Waals surface area contributed by atoms with Gasteiger partial charge in [0.25, 0.3) is 0 Å². The molecule has 0 aliphatic heterocycles. The molecule has 2 nitrogen and oxygen atoms in total. The van der Waals surface area contributed by atoms with Gasteiger partial charge in [-0.3, -0.25) is 4.79 Å². The van der Waals surface area contributed by atoms with Crippen LogP contribution in [-0.2, 0) is 4.79 Å². The Labute approximate surface area is 139 Å². The topological polar surface area (TPSA) is 29.1 Å². The third-order valence-electron chi connectivity index (χ3n) is 4.18. The highest BCUT2D eigenvalue weighted by Gasteiger charge is 2.11. The van der Waals surface area contributed by atoms with Crippen molar-refractivity contribution in [1.29, 1.82) is 0 Å². The Morgan fingerprint density at radius 2 is 1.36 bits per heavy atom. The lowest BCUT2D eigenvalue weighted by atomic mass is 10.0. The monoisotopic (exact) mass is 309 g/mol. The largest absolute Gasteiger partial charge is 0.356 e. The van der Waals surface area contributed by atoms with E-state index in [1.54, 1.807) is 0 Å². The van der Waals surface area contributed by atoms with Crippen LogP contribution in [0.4, 0.5) is 0 Å². The Balaban J connectivity index is 3.26. The van der Waals surface area contributed by atoms with E-state index in [0.29, 0.717) is 0 Å². The number of hydrogen-bond acceptors (Lipinski definition) is 1. The Kier molecular flexibility index (Phi) is 14.6. The summed E-state index contributed by atoms with van der Waals surface area (Å²) in [5.41, 5.74) is 1.08. The van der Waals surface area contributed by atoms with Crippen molar-refractivity contribution in [3.05, 3.63) is 12.2 Å². The molecular weight excluding hydrogens is 270 g/mol. The molecule has 0 saturated heterocycles. The molecule has 0 rings (SSSR count). The molecule has 0 aromatic rings. The molecule has 2 heteroatoms. The summed E-state index contributed by atoms with van der Waals surface area (Å²) in [7, 11) is 0. The zero-order valence-corrected chi connectivity index (χ0v) is 15.4. The van der Waals surface area contributed by atoms with Crippen LogP contribution in [-0.4, -0.2) is 12.5 Å². The van der Waals surface area contributed by atoms with Crippen LogP contribution in [0.3, 0.4) is 0 Å². The lowest BCUT2D eigenvalue weighted by molar-refractivity contribution is -0.124. The van der Waals surface area contributed by atoms with E-state index in [2.05, 4.69) is 18.8 Å². The summed E-state index contributed by atoms with van der Waals surface area (Å²) < 4.78 is 0. The maximum Gasteiger partial charge on any atom is 0.223 e. The van der Waals surface area contributed by atoms with Gasteiger partial charge in [0.05, 0.1) is 0 Å². The van der Waals surface area contributed by atoms with Gasteiger partial charge in [-0.15, -0.1) is 6.58 Å². The average Bonchev–Trinajstić information content (AvgIpc) is 2.47. The molecule has 0 aromatic heterocycles. The first kappa shape index (κ1) is 21.2. The summed E-state index contributed by atoms with van der Waals surface area (Å²) in [5.74, 6) is 0.236. The normalized spacial score (nSPS) is 12.1. The molecule has 0 radical (unpaired) electrons. The Hall–Kier alpha value is -0.790. The van der Waals surface area contributed by atoms with E-state index in [1.165, 1.54) is 64.2 Å².